The van der Waals surface area contributed by atoms with Crippen molar-refractivity contribution in [2.45, 2.75) is 48.9 Å². The largest absolute Gasteiger partial charge is 0.468 e. The fraction of sp³-hybridized carbons (Fsp3) is 0.529. The van der Waals surface area contributed by atoms with E-state index >= 15 is 0 Å². The van der Waals surface area contributed by atoms with E-state index in [4.69, 9.17) is 15.0 Å². The van der Waals surface area contributed by atoms with E-state index in [0.29, 0.717) is 5.52 Å². The van der Waals surface area contributed by atoms with E-state index in [1.807, 2.05) is 6.07 Å². The van der Waals surface area contributed by atoms with Crippen LogP contribution in [-0.2, 0) is 29.0 Å². The van der Waals surface area contributed by atoms with Gasteiger partial charge in [-0.25, -0.2) is 19.2 Å². The second-order valence-electron chi connectivity index (χ2n) is 7.65. The standard InChI is InChI=1S/C17H21N6O8P/c1-8(15(26)29-2)22-32(27,28)30-11-5-16(11)12(24)13(25)17(6-18,31-16)10-4-3-9-14(19)20-7-21-23(9)10/h3-4,7-8,11-13,24-25H,5H2,1-2H3,(H2,19,20,21)(H2,22,27,28)/t8?,11-,12+,13-,16?,17+/m1/s1. The number of anilines is 1. The molecule has 2 fully saturated rings. The zero-order chi connectivity index (χ0) is 23.5. The Labute approximate surface area is 181 Å². The molecule has 1 spiro atoms. The van der Waals surface area contributed by atoms with Crippen LogP contribution in [0.1, 0.15) is 19.0 Å². The second-order valence-corrected chi connectivity index (χ2v) is 9.16. The Morgan fingerprint density at radius 3 is 2.88 bits per heavy atom. The summed E-state index contributed by atoms with van der Waals surface area (Å²) in [6.07, 6.45) is -3.45. The molecule has 0 bridgehead atoms. The lowest BCUT2D eigenvalue weighted by Gasteiger charge is -2.24. The molecule has 1 saturated carbocycles. The predicted octanol–water partition coefficient (Wildman–Crippen LogP) is -1.44. The number of nitrogen functional groups attached to an aromatic ring is 1. The Hall–Kier alpha value is -2.63. The third kappa shape index (κ3) is 3.26. The van der Waals surface area contributed by atoms with Crippen molar-refractivity contribution in [1.82, 2.24) is 19.7 Å². The molecule has 1 aliphatic heterocycles. The SMILES string of the molecule is COC(=O)C(C)NP(=O)(O)O[C@@H]1CC12O[C@@](C#N)(c1ccc3c(N)ncnn13)[C@H](O)[C@@H]2O. The Morgan fingerprint density at radius 2 is 2.22 bits per heavy atom. The van der Waals surface area contributed by atoms with Gasteiger partial charge in [0.25, 0.3) is 0 Å². The van der Waals surface area contributed by atoms with E-state index in [-0.39, 0.29) is 17.9 Å². The normalized spacial score (nSPS) is 34.2. The number of nitrogens with two attached hydrogens (primary N) is 1. The average Bonchev–Trinajstić information content (AvgIpc) is 3.13. The molecule has 3 heterocycles. The van der Waals surface area contributed by atoms with Crippen molar-refractivity contribution in [2.75, 3.05) is 12.8 Å². The molecule has 1 aliphatic carbocycles. The maximum atomic E-state index is 12.4. The number of nitrogens with zero attached hydrogens (tertiary/aromatic N) is 4. The summed E-state index contributed by atoms with van der Waals surface area (Å²) in [4.78, 5) is 25.4. The van der Waals surface area contributed by atoms with E-state index in [1.165, 1.54) is 23.6 Å². The molecular weight excluding hydrogens is 447 g/mol. The van der Waals surface area contributed by atoms with Crippen molar-refractivity contribution in [3.05, 3.63) is 24.2 Å². The molecule has 32 heavy (non-hydrogen) atoms. The zero-order valence-electron chi connectivity index (χ0n) is 16.9. The number of nitriles is 1. The number of fused-ring (bicyclic) bond motifs is 1. The van der Waals surface area contributed by atoms with Gasteiger partial charge in [-0.05, 0) is 19.1 Å². The van der Waals surface area contributed by atoms with Crippen LogP contribution in [0.2, 0.25) is 0 Å². The van der Waals surface area contributed by atoms with E-state index in [1.54, 1.807) is 0 Å². The monoisotopic (exact) mass is 468 g/mol. The van der Waals surface area contributed by atoms with Crippen molar-refractivity contribution in [3.8, 4) is 6.07 Å². The number of ether oxygens (including phenoxy) is 2. The van der Waals surface area contributed by atoms with Gasteiger partial charge in [-0.2, -0.15) is 10.4 Å². The summed E-state index contributed by atoms with van der Waals surface area (Å²) in [5, 5.41) is 37.6. The molecule has 172 valence electrons. The number of esters is 1. The maximum Gasteiger partial charge on any atom is 0.404 e. The molecule has 3 unspecified atom stereocenters. The Balaban J connectivity index is 1.61. The topological polar surface area (TPSA) is 215 Å². The molecule has 2 aromatic rings. The van der Waals surface area contributed by atoms with Crippen LogP contribution in [-0.4, -0.2) is 72.7 Å². The number of methoxy groups -OCH3 is 1. The number of aromatic nitrogens is 3. The fourth-order valence-corrected chi connectivity index (χ4v) is 5.20. The van der Waals surface area contributed by atoms with E-state index < -0.39 is 49.3 Å². The number of carbonyl (C=O) groups is 1. The van der Waals surface area contributed by atoms with Crippen LogP contribution >= 0.6 is 7.75 Å². The van der Waals surface area contributed by atoms with Crippen LogP contribution in [0.3, 0.4) is 0 Å². The van der Waals surface area contributed by atoms with Gasteiger partial charge in [-0.15, -0.1) is 0 Å². The molecule has 15 heteroatoms. The second kappa shape index (κ2) is 7.46. The number of rotatable bonds is 6. The Bertz CT molecular complexity index is 1170. The van der Waals surface area contributed by atoms with Gasteiger partial charge in [-0.1, -0.05) is 0 Å². The zero-order valence-corrected chi connectivity index (χ0v) is 17.8. The summed E-state index contributed by atoms with van der Waals surface area (Å²) in [6.45, 7) is 1.30. The lowest BCUT2D eigenvalue weighted by Crippen LogP contribution is -2.41. The van der Waals surface area contributed by atoms with E-state index in [2.05, 4.69) is 19.9 Å². The van der Waals surface area contributed by atoms with Gasteiger partial charge in [0, 0.05) is 6.42 Å². The summed E-state index contributed by atoms with van der Waals surface area (Å²) in [5.41, 5.74) is 2.55. The van der Waals surface area contributed by atoms with Crippen LogP contribution in [0.4, 0.5) is 5.82 Å². The molecular formula is C17H21N6O8P. The first-order chi connectivity index (χ1) is 15.0. The van der Waals surface area contributed by atoms with Gasteiger partial charge in [0.2, 0.25) is 5.60 Å². The van der Waals surface area contributed by atoms with Gasteiger partial charge in [-0.3, -0.25) is 9.32 Å². The molecule has 7 atom stereocenters. The third-order valence-corrected chi connectivity index (χ3v) is 6.92. The van der Waals surface area contributed by atoms with Crippen LogP contribution in [0.5, 0.6) is 0 Å². The molecule has 2 aliphatic rings. The molecule has 0 aromatic carbocycles. The van der Waals surface area contributed by atoms with E-state index in [0.717, 1.165) is 13.4 Å². The first-order valence-corrected chi connectivity index (χ1v) is 11.0. The van der Waals surface area contributed by atoms with Gasteiger partial charge >= 0.3 is 13.7 Å². The summed E-state index contributed by atoms with van der Waals surface area (Å²) < 4.78 is 29.2. The Kier molecular flexibility index (Phi) is 5.26. The summed E-state index contributed by atoms with van der Waals surface area (Å²) >= 11 is 0. The highest BCUT2D eigenvalue weighted by molar-refractivity contribution is 7.50. The molecule has 2 aromatic heterocycles. The highest BCUT2D eigenvalue weighted by Gasteiger charge is 2.76. The molecule has 0 radical (unpaired) electrons. The van der Waals surface area contributed by atoms with Gasteiger partial charge in [0.15, 0.2) is 5.82 Å². The minimum Gasteiger partial charge on any atom is -0.468 e. The molecule has 0 amide bonds. The maximum absolute atomic E-state index is 12.4. The van der Waals surface area contributed by atoms with E-state index in [9.17, 15) is 29.7 Å². The highest BCUT2D eigenvalue weighted by atomic mass is 31.2. The summed E-state index contributed by atoms with van der Waals surface area (Å²) in [7, 11) is -3.42. The lowest BCUT2D eigenvalue weighted by atomic mass is 9.92. The highest BCUT2D eigenvalue weighted by Crippen LogP contribution is 2.61. The minimum absolute atomic E-state index is 0.0859. The average molecular weight is 468 g/mol. The van der Waals surface area contributed by atoms with Crippen molar-refractivity contribution >= 4 is 25.1 Å². The number of nitrogens with one attached hydrogen (secondary N) is 1. The van der Waals surface area contributed by atoms with Crippen molar-refractivity contribution in [2.24, 2.45) is 0 Å². The third-order valence-electron chi connectivity index (χ3n) is 5.67. The molecule has 6 N–H and O–H groups in total. The van der Waals surface area contributed by atoms with Gasteiger partial charge in [0.05, 0.1) is 12.8 Å². The number of carbonyl (C=O) groups excluding carboxylic acids is 1. The molecule has 1 saturated heterocycles. The summed E-state index contributed by atoms with van der Waals surface area (Å²) in [5.74, 6) is -0.660. The number of aliphatic hydroxyl groups excluding tert-OH is 2. The minimum atomic E-state index is -4.54. The van der Waals surface area contributed by atoms with Crippen LogP contribution in [0, 0.1) is 11.3 Å². The van der Waals surface area contributed by atoms with Crippen LogP contribution < -0.4 is 10.8 Å². The van der Waals surface area contributed by atoms with Crippen molar-refractivity contribution in [3.63, 3.8) is 0 Å². The fourth-order valence-electron chi connectivity index (χ4n) is 3.95. The smallest absolute Gasteiger partial charge is 0.404 e. The van der Waals surface area contributed by atoms with Gasteiger partial charge in [0.1, 0.15) is 47.9 Å². The molecule has 14 nitrogen and oxygen atoms in total. The van der Waals surface area contributed by atoms with Crippen molar-refractivity contribution in [1.29, 1.82) is 5.26 Å². The quantitative estimate of drug-likeness (QED) is 0.243. The Morgan fingerprint density at radius 1 is 1.50 bits per heavy atom. The lowest BCUT2D eigenvalue weighted by molar-refractivity contribution is -0.142. The summed E-state index contributed by atoms with van der Waals surface area (Å²) in [6, 6.07) is 3.71. The first kappa shape index (κ1) is 22.6. The van der Waals surface area contributed by atoms with Crippen LogP contribution in [0.25, 0.3) is 5.52 Å². The van der Waals surface area contributed by atoms with Gasteiger partial charge < -0.3 is 30.3 Å². The predicted molar refractivity (Wildman–Crippen MR) is 104 cm³/mol. The number of aliphatic hydroxyl groups is 2. The molecule has 4 rings (SSSR count). The van der Waals surface area contributed by atoms with Crippen molar-refractivity contribution < 1.29 is 38.5 Å². The van der Waals surface area contributed by atoms with Crippen LogP contribution in [0.15, 0.2) is 18.5 Å². The number of hydrogen-bond acceptors (Lipinski definition) is 11. The first-order valence-electron chi connectivity index (χ1n) is 9.44. The number of hydrogen-bond donors (Lipinski definition) is 5.